The van der Waals surface area contributed by atoms with Crippen molar-refractivity contribution in [3.05, 3.63) is 32.8 Å². The summed E-state index contributed by atoms with van der Waals surface area (Å²) in [5.74, 6) is -0.723. The standard InChI is InChI=1S/C31H53BrO2/c1-4-7-10-13-16-19-22-26-25-29(32)27(23-20-17-14-11-8-5-2)28(30(26)31(33)34)24-21-18-15-12-9-6-3/h25H,4-24H2,1-3H3,(H,33,34). The van der Waals surface area contributed by atoms with Gasteiger partial charge in [0.05, 0.1) is 5.56 Å². The summed E-state index contributed by atoms with van der Waals surface area (Å²) in [6.45, 7) is 6.75. The Balaban J connectivity index is 2.95. The van der Waals surface area contributed by atoms with E-state index in [2.05, 4.69) is 42.8 Å². The van der Waals surface area contributed by atoms with E-state index < -0.39 is 5.97 Å². The second-order valence-corrected chi connectivity index (χ2v) is 11.1. The summed E-state index contributed by atoms with van der Waals surface area (Å²) in [6.07, 6.45) is 25.2. The van der Waals surface area contributed by atoms with E-state index in [0.29, 0.717) is 5.56 Å². The molecule has 2 nitrogen and oxygen atoms in total. The van der Waals surface area contributed by atoms with Crippen molar-refractivity contribution in [3.8, 4) is 0 Å². The predicted octanol–water partition coefficient (Wildman–Crippen LogP) is 10.9. The van der Waals surface area contributed by atoms with Crippen molar-refractivity contribution in [1.82, 2.24) is 0 Å². The lowest BCUT2D eigenvalue weighted by molar-refractivity contribution is 0.0694. The maximum atomic E-state index is 12.5. The van der Waals surface area contributed by atoms with Crippen LogP contribution in [0.25, 0.3) is 0 Å². The van der Waals surface area contributed by atoms with Gasteiger partial charge in [-0.25, -0.2) is 4.79 Å². The number of aryl methyl sites for hydroxylation is 1. The number of carbonyl (C=O) groups is 1. The van der Waals surface area contributed by atoms with Crippen molar-refractivity contribution >= 4 is 21.9 Å². The smallest absolute Gasteiger partial charge is 0.336 e. The van der Waals surface area contributed by atoms with Gasteiger partial charge < -0.3 is 5.11 Å². The number of hydrogen-bond acceptors (Lipinski definition) is 1. The van der Waals surface area contributed by atoms with Gasteiger partial charge in [0.15, 0.2) is 0 Å². The van der Waals surface area contributed by atoms with Gasteiger partial charge in [-0.2, -0.15) is 0 Å². The van der Waals surface area contributed by atoms with Gasteiger partial charge in [-0.15, -0.1) is 0 Å². The van der Waals surface area contributed by atoms with Crippen molar-refractivity contribution in [2.75, 3.05) is 0 Å². The van der Waals surface area contributed by atoms with Crippen molar-refractivity contribution in [2.45, 2.75) is 156 Å². The summed E-state index contributed by atoms with van der Waals surface area (Å²) in [7, 11) is 0. The molecule has 0 bridgehead atoms. The summed E-state index contributed by atoms with van der Waals surface area (Å²) in [6, 6.07) is 2.15. The Morgan fingerprint density at radius 1 is 0.618 bits per heavy atom. The number of unbranched alkanes of at least 4 members (excludes halogenated alkanes) is 15. The molecule has 0 aliphatic rings. The van der Waals surface area contributed by atoms with Crippen LogP contribution < -0.4 is 0 Å². The van der Waals surface area contributed by atoms with Crippen molar-refractivity contribution in [1.29, 1.82) is 0 Å². The number of carboxylic acid groups (broad SMARTS) is 1. The highest BCUT2D eigenvalue weighted by Gasteiger charge is 2.21. The summed E-state index contributed by atoms with van der Waals surface area (Å²) >= 11 is 3.87. The maximum absolute atomic E-state index is 12.5. The third-order valence-electron chi connectivity index (χ3n) is 7.15. The molecule has 1 rings (SSSR count). The van der Waals surface area contributed by atoms with Crippen molar-refractivity contribution in [2.24, 2.45) is 0 Å². The SMILES string of the molecule is CCCCCCCCc1cc(Br)c(CCCCCCCC)c(CCCCCCCC)c1C(=O)O. The first-order valence-corrected chi connectivity index (χ1v) is 15.4. The highest BCUT2D eigenvalue weighted by molar-refractivity contribution is 9.10. The molecule has 0 radical (unpaired) electrons. The molecular formula is C31H53BrO2. The van der Waals surface area contributed by atoms with E-state index >= 15 is 0 Å². The lowest BCUT2D eigenvalue weighted by atomic mass is 9.87. The minimum atomic E-state index is -0.723. The van der Waals surface area contributed by atoms with Gasteiger partial charge in [-0.3, -0.25) is 0 Å². The lowest BCUT2D eigenvalue weighted by Crippen LogP contribution is -2.12. The Kier molecular flexibility index (Phi) is 18.7. The fourth-order valence-corrected chi connectivity index (χ4v) is 5.78. The Bertz CT molecular complexity index is 668. The van der Waals surface area contributed by atoms with Crippen LogP contribution in [-0.2, 0) is 19.3 Å². The average Bonchev–Trinajstić information content (AvgIpc) is 2.81. The summed E-state index contributed by atoms with van der Waals surface area (Å²) in [5, 5.41) is 10.3. The van der Waals surface area contributed by atoms with Gasteiger partial charge in [0, 0.05) is 4.47 Å². The van der Waals surface area contributed by atoms with Gasteiger partial charge in [0.1, 0.15) is 0 Å². The Morgan fingerprint density at radius 3 is 1.44 bits per heavy atom. The molecule has 1 N–H and O–H groups in total. The molecule has 0 unspecified atom stereocenters. The normalized spacial score (nSPS) is 11.3. The molecule has 0 saturated carbocycles. The molecule has 0 heterocycles. The van der Waals surface area contributed by atoms with Crippen LogP contribution in [0.5, 0.6) is 0 Å². The molecular weight excluding hydrogens is 484 g/mol. The maximum Gasteiger partial charge on any atom is 0.336 e. The Morgan fingerprint density at radius 2 is 1.00 bits per heavy atom. The molecule has 0 atom stereocenters. The molecule has 0 aromatic heterocycles. The number of halogens is 1. The van der Waals surface area contributed by atoms with Crippen LogP contribution in [0.3, 0.4) is 0 Å². The quantitative estimate of drug-likeness (QED) is 0.149. The van der Waals surface area contributed by atoms with Crippen LogP contribution >= 0.6 is 15.9 Å². The largest absolute Gasteiger partial charge is 0.478 e. The second-order valence-electron chi connectivity index (χ2n) is 10.2. The first kappa shape index (κ1) is 31.2. The van der Waals surface area contributed by atoms with E-state index in [1.54, 1.807) is 0 Å². The Hall–Kier alpha value is -0.830. The molecule has 0 aliphatic carbocycles. The van der Waals surface area contributed by atoms with E-state index in [1.807, 2.05) is 0 Å². The molecule has 0 fully saturated rings. The molecule has 0 amide bonds. The molecule has 1 aromatic carbocycles. The molecule has 1 aromatic rings. The first-order chi connectivity index (χ1) is 16.6. The topological polar surface area (TPSA) is 37.3 Å². The van der Waals surface area contributed by atoms with E-state index in [0.717, 1.165) is 54.1 Å². The zero-order valence-corrected chi connectivity index (χ0v) is 24.2. The fourth-order valence-electron chi connectivity index (χ4n) is 5.07. The van der Waals surface area contributed by atoms with Crippen molar-refractivity contribution in [3.63, 3.8) is 0 Å². The molecule has 0 saturated heterocycles. The molecule has 196 valence electrons. The van der Waals surface area contributed by atoms with Gasteiger partial charge in [0.25, 0.3) is 0 Å². The number of carboxylic acids is 1. The van der Waals surface area contributed by atoms with E-state index in [9.17, 15) is 9.90 Å². The predicted molar refractivity (Wildman–Crippen MR) is 152 cm³/mol. The van der Waals surface area contributed by atoms with Crippen LogP contribution in [-0.4, -0.2) is 11.1 Å². The number of benzene rings is 1. The molecule has 0 aliphatic heterocycles. The highest BCUT2D eigenvalue weighted by Crippen LogP contribution is 2.32. The van der Waals surface area contributed by atoms with Crippen LogP contribution in [0.15, 0.2) is 10.5 Å². The monoisotopic (exact) mass is 536 g/mol. The van der Waals surface area contributed by atoms with Crippen LogP contribution in [0.2, 0.25) is 0 Å². The van der Waals surface area contributed by atoms with Crippen LogP contribution in [0.1, 0.15) is 163 Å². The summed E-state index contributed by atoms with van der Waals surface area (Å²) in [4.78, 5) is 12.5. The molecule has 0 spiro atoms. The van der Waals surface area contributed by atoms with Gasteiger partial charge in [-0.05, 0) is 61.3 Å². The zero-order valence-electron chi connectivity index (χ0n) is 22.7. The van der Waals surface area contributed by atoms with Crippen molar-refractivity contribution < 1.29 is 9.90 Å². The molecule has 34 heavy (non-hydrogen) atoms. The van der Waals surface area contributed by atoms with Gasteiger partial charge in [0.2, 0.25) is 0 Å². The highest BCUT2D eigenvalue weighted by atomic mass is 79.9. The number of hydrogen-bond donors (Lipinski definition) is 1. The Labute approximate surface area is 219 Å². The van der Waals surface area contributed by atoms with Gasteiger partial charge >= 0.3 is 5.97 Å². The van der Waals surface area contributed by atoms with E-state index in [-0.39, 0.29) is 0 Å². The second kappa shape index (κ2) is 20.4. The zero-order chi connectivity index (χ0) is 25.0. The van der Waals surface area contributed by atoms with Crippen LogP contribution in [0.4, 0.5) is 0 Å². The van der Waals surface area contributed by atoms with E-state index in [4.69, 9.17) is 0 Å². The summed E-state index contributed by atoms with van der Waals surface area (Å²) in [5.41, 5.74) is 4.08. The lowest BCUT2D eigenvalue weighted by Gasteiger charge is -2.19. The minimum Gasteiger partial charge on any atom is -0.478 e. The summed E-state index contributed by atoms with van der Waals surface area (Å²) < 4.78 is 1.15. The van der Waals surface area contributed by atoms with Crippen LogP contribution in [0, 0.1) is 0 Å². The van der Waals surface area contributed by atoms with E-state index in [1.165, 1.54) is 102 Å². The molecule has 3 heteroatoms. The number of rotatable bonds is 22. The number of aromatic carboxylic acids is 1. The van der Waals surface area contributed by atoms with Gasteiger partial charge in [-0.1, -0.05) is 133 Å². The third-order valence-corrected chi connectivity index (χ3v) is 7.86. The first-order valence-electron chi connectivity index (χ1n) is 14.6. The fraction of sp³-hybridized carbons (Fsp3) is 0.774. The average molecular weight is 538 g/mol. The third kappa shape index (κ3) is 12.8. The minimum absolute atomic E-state index is 0.631.